The fourth-order valence-corrected chi connectivity index (χ4v) is 3.88. The lowest BCUT2D eigenvalue weighted by molar-refractivity contribution is -0.153. The molecule has 0 amide bonds. The molecule has 8 nitrogen and oxygen atoms in total. The maximum absolute atomic E-state index is 14.7. The van der Waals surface area contributed by atoms with Crippen LogP contribution in [0, 0.1) is 5.82 Å². The Kier molecular flexibility index (Phi) is 5.78. The molecule has 0 aliphatic carbocycles. The number of aromatic amines is 1. The Hall–Kier alpha value is -4.48. The first-order chi connectivity index (χ1) is 17.2. The van der Waals surface area contributed by atoms with Gasteiger partial charge in [0.25, 0.3) is 5.56 Å². The minimum atomic E-state index is -4.54. The molecular formula is C24H18F4N6O2. The van der Waals surface area contributed by atoms with E-state index in [2.05, 4.69) is 25.3 Å². The lowest BCUT2D eigenvalue weighted by Gasteiger charge is -2.21. The molecule has 36 heavy (non-hydrogen) atoms. The Morgan fingerprint density at radius 2 is 1.94 bits per heavy atom. The van der Waals surface area contributed by atoms with Crippen LogP contribution in [0.5, 0.6) is 5.75 Å². The Balaban J connectivity index is 1.64. The van der Waals surface area contributed by atoms with Crippen molar-refractivity contribution < 1.29 is 22.3 Å². The molecule has 3 heterocycles. The van der Waals surface area contributed by atoms with Gasteiger partial charge >= 0.3 is 6.18 Å². The van der Waals surface area contributed by atoms with Crippen molar-refractivity contribution in [2.75, 3.05) is 11.9 Å². The van der Waals surface area contributed by atoms with Crippen molar-refractivity contribution in [1.29, 1.82) is 0 Å². The predicted octanol–water partition coefficient (Wildman–Crippen LogP) is 4.91. The summed E-state index contributed by atoms with van der Waals surface area (Å²) in [6.07, 6.45) is -1.47. The highest BCUT2D eigenvalue weighted by molar-refractivity contribution is 5.86. The third-order valence-corrected chi connectivity index (χ3v) is 5.45. The van der Waals surface area contributed by atoms with Crippen LogP contribution in [-0.2, 0) is 0 Å². The SMILES string of the molecule is C[C@H](Nc1ncnc2[nH]ccc12)c1nc2cccc(F)c2c(=O)n1-c1cccc(OCC(F)(F)F)c1. The molecule has 5 aromatic rings. The second-order valence-corrected chi connectivity index (χ2v) is 7.97. The van der Waals surface area contributed by atoms with E-state index in [1.165, 1.54) is 42.7 Å². The van der Waals surface area contributed by atoms with Gasteiger partial charge in [0, 0.05) is 12.3 Å². The van der Waals surface area contributed by atoms with Gasteiger partial charge in [-0.2, -0.15) is 13.2 Å². The van der Waals surface area contributed by atoms with Crippen LogP contribution in [0.1, 0.15) is 18.8 Å². The number of hydrogen-bond donors (Lipinski definition) is 2. The molecule has 0 saturated carbocycles. The summed E-state index contributed by atoms with van der Waals surface area (Å²) in [6.45, 7) is 0.231. The molecule has 5 rings (SSSR count). The first-order valence-electron chi connectivity index (χ1n) is 10.8. The van der Waals surface area contributed by atoms with Crippen LogP contribution in [0.2, 0.25) is 0 Å². The second kappa shape index (κ2) is 8.95. The first-order valence-corrected chi connectivity index (χ1v) is 10.8. The highest BCUT2D eigenvalue weighted by Crippen LogP contribution is 2.27. The van der Waals surface area contributed by atoms with Crippen LogP contribution in [0.4, 0.5) is 23.4 Å². The number of alkyl halides is 3. The lowest BCUT2D eigenvalue weighted by atomic mass is 10.2. The number of nitrogens with one attached hydrogen (secondary N) is 2. The van der Waals surface area contributed by atoms with Crippen molar-refractivity contribution in [2.45, 2.75) is 19.1 Å². The summed E-state index contributed by atoms with van der Waals surface area (Å²) >= 11 is 0. The van der Waals surface area contributed by atoms with Gasteiger partial charge in [0.05, 0.1) is 22.6 Å². The molecule has 0 fully saturated rings. The maximum Gasteiger partial charge on any atom is 0.422 e. The topological polar surface area (TPSA) is 97.7 Å². The molecule has 0 aliphatic heterocycles. The summed E-state index contributed by atoms with van der Waals surface area (Å²) in [5, 5.41) is 3.65. The zero-order valence-corrected chi connectivity index (χ0v) is 18.7. The number of fused-ring (bicyclic) bond motifs is 2. The van der Waals surface area contributed by atoms with E-state index in [1.54, 1.807) is 19.2 Å². The minimum Gasteiger partial charge on any atom is -0.484 e. The fraction of sp³-hybridized carbons (Fsp3) is 0.167. The number of benzene rings is 2. The first kappa shape index (κ1) is 23.3. The largest absolute Gasteiger partial charge is 0.484 e. The molecule has 0 spiro atoms. The Labute approximate surface area is 200 Å². The molecule has 0 saturated heterocycles. The maximum atomic E-state index is 14.7. The molecule has 3 aromatic heterocycles. The van der Waals surface area contributed by atoms with Gasteiger partial charge < -0.3 is 15.0 Å². The number of ether oxygens (including phenoxy) is 1. The fourth-order valence-electron chi connectivity index (χ4n) is 3.88. The van der Waals surface area contributed by atoms with Crippen LogP contribution in [0.15, 0.2) is 65.8 Å². The van der Waals surface area contributed by atoms with Crippen LogP contribution in [0.25, 0.3) is 27.6 Å². The van der Waals surface area contributed by atoms with Crippen LogP contribution >= 0.6 is 0 Å². The minimum absolute atomic E-state index is 0.109. The monoisotopic (exact) mass is 498 g/mol. The van der Waals surface area contributed by atoms with Crippen molar-refractivity contribution in [3.8, 4) is 11.4 Å². The normalized spacial score (nSPS) is 12.7. The van der Waals surface area contributed by atoms with Gasteiger partial charge in [-0.1, -0.05) is 12.1 Å². The van der Waals surface area contributed by atoms with E-state index in [0.29, 0.717) is 16.9 Å². The zero-order chi connectivity index (χ0) is 25.4. The lowest BCUT2D eigenvalue weighted by Crippen LogP contribution is -2.28. The molecular weight excluding hydrogens is 480 g/mol. The van der Waals surface area contributed by atoms with E-state index in [-0.39, 0.29) is 28.2 Å². The van der Waals surface area contributed by atoms with E-state index < -0.39 is 30.2 Å². The van der Waals surface area contributed by atoms with Crippen molar-refractivity contribution in [3.05, 3.63) is 83.1 Å². The van der Waals surface area contributed by atoms with E-state index in [1.807, 2.05) is 0 Å². The van der Waals surface area contributed by atoms with E-state index in [4.69, 9.17) is 4.74 Å². The summed E-state index contributed by atoms with van der Waals surface area (Å²) in [4.78, 5) is 29.5. The average molecular weight is 498 g/mol. The number of nitrogens with zero attached hydrogens (tertiary/aromatic N) is 4. The van der Waals surface area contributed by atoms with Gasteiger partial charge in [-0.25, -0.2) is 19.3 Å². The summed E-state index contributed by atoms with van der Waals surface area (Å²) in [7, 11) is 0. The molecule has 0 radical (unpaired) electrons. The highest BCUT2D eigenvalue weighted by atomic mass is 19.4. The van der Waals surface area contributed by atoms with E-state index in [0.717, 1.165) is 10.6 Å². The summed E-state index contributed by atoms with van der Waals surface area (Å²) in [6, 6.07) is 10.8. The molecule has 1 atom stereocenters. The third kappa shape index (κ3) is 4.44. The molecule has 2 aromatic carbocycles. The van der Waals surface area contributed by atoms with Gasteiger partial charge in [-0.3, -0.25) is 9.36 Å². The Morgan fingerprint density at radius 3 is 2.75 bits per heavy atom. The molecule has 12 heteroatoms. The van der Waals surface area contributed by atoms with Crippen molar-refractivity contribution in [3.63, 3.8) is 0 Å². The smallest absolute Gasteiger partial charge is 0.422 e. The van der Waals surface area contributed by atoms with Gasteiger partial charge in [0.2, 0.25) is 0 Å². The van der Waals surface area contributed by atoms with Crippen molar-refractivity contribution >= 4 is 27.8 Å². The number of anilines is 1. The van der Waals surface area contributed by atoms with E-state index >= 15 is 0 Å². The number of aromatic nitrogens is 5. The van der Waals surface area contributed by atoms with Crippen LogP contribution in [-0.4, -0.2) is 37.3 Å². The quantitative estimate of drug-likeness (QED) is 0.323. The van der Waals surface area contributed by atoms with Crippen molar-refractivity contribution in [1.82, 2.24) is 24.5 Å². The predicted molar refractivity (Wildman–Crippen MR) is 125 cm³/mol. The van der Waals surface area contributed by atoms with Crippen LogP contribution in [0.3, 0.4) is 0 Å². The summed E-state index contributed by atoms with van der Waals surface area (Å²) in [5.74, 6) is -0.216. The summed E-state index contributed by atoms with van der Waals surface area (Å²) in [5.41, 5.74) is 0.179. The zero-order valence-electron chi connectivity index (χ0n) is 18.7. The summed E-state index contributed by atoms with van der Waals surface area (Å²) < 4.78 is 58.6. The molecule has 0 bridgehead atoms. The Bertz CT molecular complexity index is 1630. The molecule has 2 N–H and O–H groups in total. The molecule has 184 valence electrons. The number of halogens is 4. The van der Waals surface area contributed by atoms with Gasteiger partial charge in [-0.05, 0) is 37.3 Å². The highest BCUT2D eigenvalue weighted by Gasteiger charge is 2.28. The number of H-pyrrole nitrogens is 1. The van der Waals surface area contributed by atoms with Crippen LogP contribution < -0.4 is 15.6 Å². The molecule has 0 unspecified atom stereocenters. The number of hydrogen-bond acceptors (Lipinski definition) is 6. The van der Waals surface area contributed by atoms with Crippen molar-refractivity contribution in [2.24, 2.45) is 0 Å². The van der Waals surface area contributed by atoms with Gasteiger partial charge in [0.15, 0.2) is 6.61 Å². The van der Waals surface area contributed by atoms with Gasteiger partial charge in [0.1, 0.15) is 40.6 Å². The third-order valence-electron chi connectivity index (χ3n) is 5.45. The molecule has 0 aliphatic rings. The van der Waals surface area contributed by atoms with E-state index in [9.17, 15) is 22.4 Å². The second-order valence-electron chi connectivity index (χ2n) is 7.97. The Morgan fingerprint density at radius 1 is 1.14 bits per heavy atom. The average Bonchev–Trinajstić information content (AvgIpc) is 3.32. The number of rotatable bonds is 6. The van der Waals surface area contributed by atoms with Gasteiger partial charge in [-0.15, -0.1) is 0 Å². The standard InChI is InChI=1S/C24H18F4N6O2/c1-13(32-21-16-8-9-29-20(16)30-12-31-21)22-33-18-7-3-6-17(25)19(18)23(35)34(22)14-4-2-5-15(10-14)36-11-24(26,27)28/h2-10,12-13H,11H2,1H3,(H2,29,30,31,32)/t13-/m0/s1.